The molecule has 2 aromatic heterocycles. The molecule has 0 aliphatic carbocycles. The minimum absolute atomic E-state index is 0.0578. The number of carbonyl (C=O) groups is 1. The van der Waals surface area contributed by atoms with E-state index in [2.05, 4.69) is 14.6 Å². The SMILES string of the molecule is CC1CN(c2ccc(S(=O)(=O)Nc3nccs3)cc2)CCN1C(=O)[C@@H](C)n1ccc2cccc(F)c21. The molecule has 1 saturated heterocycles. The van der Waals surface area contributed by atoms with Crippen LogP contribution in [0.5, 0.6) is 0 Å². The van der Waals surface area contributed by atoms with Gasteiger partial charge in [0.05, 0.1) is 10.4 Å². The van der Waals surface area contributed by atoms with E-state index in [1.807, 2.05) is 24.0 Å². The second kappa shape index (κ2) is 9.55. The molecular weight excluding hydrogens is 501 g/mol. The quantitative estimate of drug-likeness (QED) is 0.403. The number of para-hydroxylation sites is 1. The van der Waals surface area contributed by atoms with Crippen molar-refractivity contribution in [2.75, 3.05) is 29.3 Å². The molecule has 5 rings (SSSR count). The Morgan fingerprint density at radius 1 is 1.17 bits per heavy atom. The highest BCUT2D eigenvalue weighted by Gasteiger charge is 2.31. The Balaban J connectivity index is 1.26. The topological polar surface area (TPSA) is 87.5 Å². The lowest BCUT2D eigenvalue weighted by Crippen LogP contribution is -2.55. The fraction of sp³-hybridized carbons (Fsp3) is 0.280. The van der Waals surface area contributed by atoms with Crippen molar-refractivity contribution in [3.8, 4) is 0 Å². The van der Waals surface area contributed by atoms with Crippen LogP contribution in [-0.4, -0.2) is 54.5 Å². The zero-order valence-corrected chi connectivity index (χ0v) is 21.5. The highest BCUT2D eigenvalue weighted by atomic mass is 32.2. The Hall–Kier alpha value is -3.44. The lowest BCUT2D eigenvalue weighted by Gasteiger charge is -2.42. The Kier molecular flexibility index (Phi) is 6.44. The minimum atomic E-state index is -3.71. The molecule has 11 heteroatoms. The summed E-state index contributed by atoms with van der Waals surface area (Å²) in [5.74, 6) is -0.403. The number of halogens is 1. The van der Waals surface area contributed by atoms with Gasteiger partial charge in [0.1, 0.15) is 11.9 Å². The van der Waals surface area contributed by atoms with E-state index in [1.165, 1.54) is 23.6 Å². The zero-order valence-electron chi connectivity index (χ0n) is 19.8. The molecule has 1 N–H and O–H groups in total. The number of nitrogens with zero attached hydrogens (tertiary/aromatic N) is 4. The normalized spacial score (nSPS) is 17.4. The van der Waals surface area contributed by atoms with Gasteiger partial charge in [-0.15, -0.1) is 11.3 Å². The maximum Gasteiger partial charge on any atom is 0.263 e. The van der Waals surface area contributed by atoms with Crippen molar-refractivity contribution in [2.24, 2.45) is 0 Å². The van der Waals surface area contributed by atoms with E-state index in [0.717, 1.165) is 11.1 Å². The predicted molar refractivity (Wildman–Crippen MR) is 139 cm³/mol. The van der Waals surface area contributed by atoms with E-state index in [4.69, 9.17) is 0 Å². The number of rotatable bonds is 6. The van der Waals surface area contributed by atoms with Gasteiger partial charge < -0.3 is 14.4 Å². The number of sulfonamides is 1. The fourth-order valence-electron chi connectivity index (χ4n) is 4.66. The molecule has 1 unspecified atom stereocenters. The summed E-state index contributed by atoms with van der Waals surface area (Å²) in [7, 11) is -3.71. The third kappa shape index (κ3) is 4.56. The number of aromatic nitrogens is 2. The number of benzene rings is 2. The van der Waals surface area contributed by atoms with E-state index < -0.39 is 16.1 Å². The van der Waals surface area contributed by atoms with Crippen LogP contribution in [0.2, 0.25) is 0 Å². The standard InChI is InChI=1S/C25H26FN5O3S2/c1-17-16-29(20-6-8-21(9-7-20)36(33,34)28-25-27-11-15-35-25)13-14-30(17)24(32)18(2)31-12-10-19-4-3-5-22(26)23(19)31/h3-12,15,17-18H,13-14,16H2,1-2H3,(H,27,28)/t17?,18-/m1/s1. The molecule has 8 nitrogen and oxygen atoms in total. The molecule has 1 fully saturated rings. The molecule has 2 atom stereocenters. The molecular formula is C25H26FN5O3S2. The Morgan fingerprint density at radius 3 is 2.64 bits per heavy atom. The molecule has 0 spiro atoms. The first kappa shape index (κ1) is 24.3. The smallest absolute Gasteiger partial charge is 0.263 e. The molecule has 0 saturated carbocycles. The van der Waals surface area contributed by atoms with Gasteiger partial charge in [0.25, 0.3) is 10.0 Å². The maximum absolute atomic E-state index is 14.5. The van der Waals surface area contributed by atoms with Crippen molar-refractivity contribution in [3.05, 3.63) is 72.1 Å². The average molecular weight is 528 g/mol. The van der Waals surface area contributed by atoms with Crippen LogP contribution >= 0.6 is 11.3 Å². The Labute approximate surface area is 213 Å². The van der Waals surface area contributed by atoms with Crippen LogP contribution in [0.25, 0.3) is 10.9 Å². The third-order valence-corrected chi connectivity index (χ3v) is 8.71. The fourth-order valence-corrected chi connectivity index (χ4v) is 6.45. The monoisotopic (exact) mass is 527 g/mol. The summed E-state index contributed by atoms with van der Waals surface area (Å²) in [6.45, 7) is 5.50. The van der Waals surface area contributed by atoms with Gasteiger partial charge in [-0.25, -0.2) is 17.8 Å². The number of fused-ring (bicyclic) bond motifs is 1. The Morgan fingerprint density at radius 2 is 1.94 bits per heavy atom. The number of anilines is 2. The summed E-state index contributed by atoms with van der Waals surface area (Å²) < 4.78 is 43.8. The van der Waals surface area contributed by atoms with Crippen molar-refractivity contribution < 1.29 is 17.6 Å². The van der Waals surface area contributed by atoms with E-state index >= 15 is 0 Å². The summed E-state index contributed by atoms with van der Waals surface area (Å²) in [5, 5.41) is 2.78. The van der Waals surface area contributed by atoms with Gasteiger partial charge in [0.2, 0.25) is 5.91 Å². The molecule has 188 valence electrons. The average Bonchev–Trinajstić information content (AvgIpc) is 3.53. The summed E-state index contributed by atoms with van der Waals surface area (Å²) in [6.07, 6.45) is 3.30. The minimum Gasteiger partial charge on any atom is -0.368 e. The van der Waals surface area contributed by atoms with Crippen LogP contribution in [0, 0.1) is 5.82 Å². The van der Waals surface area contributed by atoms with Gasteiger partial charge in [-0.1, -0.05) is 12.1 Å². The predicted octanol–water partition coefficient (Wildman–Crippen LogP) is 4.34. The number of amides is 1. The summed E-state index contributed by atoms with van der Waals surface area (Å²) in [5.41, 5.74) is 1.32. The number of piperazine rings is 1. The molecule has 4 aromatic rings. The van der Waals surface area contributed by atoms with E-state index in [-0.39, 0.29) is 22.7 Å². The van der Waals surface area contributed by atoms with Gasteiger partial charge >= 0.3 is 0 Å². The number of thiazole rings is 1. The first-order chi connectivity index (χ1) is 17.2. The van der Waals surface area contributed by atoms with Crippen molar-refractivity contribution >= 4 is 49.0 Å². The van der Waals surface area contributed by atoms with Crippen molar-refractivity contribution in [1.82, 2.24) is 14.5 Å². The summed E-state index contributed by atoms with van der Waals surface area (Å²) in [4.78, 5) is 21.5. The lowest BCUT2D eigenvalue weighted by atomic mass is 10.1. The molecule has 3 heterocycles. The molecule has 1 aliphatic heterocycles. The van der Waals surface area contributed by atoms with Crippen LogP contribution in [0.1, 0.15) is 19.9 Å². The van der Waals surface area contributed by atoms with Gasteiger partial charge in [-0.05, 0) is 50.2 Å². The molecule has 36 heavy (non-hydrogen) atoms. The molecule has 0 radical (unpaired) electrons. The van der Waals surface area contributed by atoms with Crippen LogP contribution in [0.15, 0.2) is 71.2 Å². The van der Waals surface area contributed by atoms with E-state index in [9.17, 15) is 17.6 Å². The van der Waals surface area contributed by atoms with Crippen LogP contribution in [0.4, 0.5) is 15.2 Å². The van der Waals surface area contributed by atoms with E-state index in [0.29, 0.717) is 30.3 Å². The number of hydrogen-bond donors (Lipinski definition) is 1. The molecule has 2 aromatic carbocycles. The second-order valence-electron chi connectivity index (χ2n) is 8.84. The molecule has 1 aliphatic rings. The van der Waals surface area contributed by atoms with Crippen molar-refractivity contribution in [1.29, 1.82) is 0 Å². The van der Waals surface area contributed by atoms with Crippen LogP contribution in [0.3, 0.4) is 0 Å². The second-order valence-corrected chi connectivity index (χ2v) is 11.4. The Bertz CT molecular complexity index is 1490. The van der Waals surface area contributed by atoms with Crippen LogP contribution < -0.4 is 9.62 Å². The first-order valence-electron chi connectivity index (χ1n) is 11.6. The number of carbonyl (C=O) groups excluding carboxylic acids is 1. The van der Waals surface area contributed by atoms with Gasteiger partial charge in [-0.3, -0.25) is 9.52 Å². The molecule has 0 bridgehead atoms. The van der Waals surface area contributed by atoms with Crippen LogP contribution in [-0.2, 0) is 14.8 Å². The highest BCUT2D eigenvalue weighted by Crippen LogP contribution is 2.27. The lowest BCUT2D eigenvalue weighted by molar-refractivity contribution is -0.136. The number of hydrogen-bond acceptors (Lipinski definition) is 6. The van der Waals surface area contributed by atoms with Gasteiger partial charge in [0.15, 0.2) is 5.13 Å². The van der Waals surface area contributed by atoms with Gasteiger partial charge in [0, 0.05) is 54.5 Å². The summed E-state index contributed by atoms with van der Waals surface area (Å²) in [6, 6.07) is 12.8. The van der Waals surface area contributed by atoms with Crippen molar-refractivity contribution in [3.63, 3.8) is 0 Å². The number of nitrogens with one attached hydrogen (secondary N) is 1. The summed E-state index contributed by atoms with van der Waals surface area (Å²) >= 11 is 1.21. The molecule has 1 amide bonds. The third-order valence-electron chi connectivity index (χ3n) is 6.54. The zero-order chi connectivity index (χ0) is 25.4. The van der Waals surface area contributed by atoms with E-state index in [1.54, 1.807) is 53.4 Å². The van der Waals surface area contributed by atoms with Gasteiger partial charge in [-0.2, -0.15) is 0 Å². The largest absolute Gasteiger partial charge is 0.368 e. The highest BCUT2D eigenvalue weighted by molar-refractivity contribution is 7.93. The first-order valence-corrected chi connectivity index (χ1v) is 13.9. The van der Waals surface area contributed by atoms with Crippen molar-refractivity contribution in [2.45, 2.75) is 30.8 Å². The maximum atomic E-state index is 14.5.